The van der Waals surface area contributed by atoms with E-state index in [4.69, 9.17) is 24.7 Å². The smallest absolute Gasteiger partial charge is 0.343 e. The molecular formula is C26H22N2O5. The number of ether oxygens (including phenoxy) is 4. The molecule has 0 amide bonds. The maximum absolute atomic E-state index is 12.4. The van der Waals surface area contributed by atoms with Crippen LogP contribution in [0.25, 0.3) is 0 Å². The Labute approximate surface area is 191 Å². The fourth-order valence-corrected chi connectivity index (χ4v) is 3.72. The van der Waals surface area contributed by atoms with Crippen molar-refractivity contribution in [1.82, 2.24) is 0 Å². The van der Waals surface area contributed by atoms with E-state index in [1.54, 1.807) is 55.6 Å². The highest BCUT2D eigenvalue weighted by atomic mass is 16.5. The number of carbonyl (C=O) groups excluding carboxylic acids is 1. The molecule has 166 valence electrons. The third-order valence-corrected chi connectivity index (χ3v) is 5.23. The lowest BCUT2D eigenvalue weighted by atomic mass is 9.83. The minimum absolute atomic E-state index is 0.00520. The SMILES string of the molecule is CCOc1ccc(C2C(C#N)=C(N)Oc3cc(OC(=O)c4ccccc4)ccc32)cc1OC. The third-order valence-electron chi connectivity index (χ3n) is 5.23. The number of nitrogens with zero attached hydrogens (tertiary/aromatic N) is 1. The average molecular weight is 442 g/mol. The molecule has 1 aliphatic heterocycles. The van der Waals surface area contributed by atoms with Crippen LogP contribution in [0.1, 0.15) is 34.3 Å². The first-order chi connectivity index (χ1) is 16.0. The van der Waals surface area contributed by atoms with Gasteiger partial charge in [-0.2, -0.15) is 5.26 Å². The number of carbonyl (C=O) groups is 1. The lowest BCUT2D eigenvalue weighted by Crippen LogP contribution is -2.21. The van der Waals surface area contributed by atoms with E-state index in [9.17, 15) is 10.1 Å². The molecule has 1 heterocycles. The molecule has 4 rings (SSSR count). The summed E-state index contributed by atoms with van der Waals surface area (Å²) in [5.74, 6) is 0.889. The van der Waals surface area contributed by atoms with E-state index in [1.165, 1.54) is 0 Å². The van der Waals surface area contributed by atoms with Gasteiger partial charge >= 0.3 is 5.97 Å². The normalized spacial score (nSPS) is 14.5. The molecule has 1 atom stereocenters. The summed E-state index contributed by atoms with van der Waals surface area (Å²) in [6, 6.07) is 21.4. The number of rotatable bonds is 6. The molecule has 2 N–H and O–H groups in total. The Hall–Kier alpha value is -4.44. The van der Waals surface area contributed by atoms with Gasteiger partial charge in [0.15, 0.2) is 11.5 Å². The Morgan fingerprint density at radius 2 is 1.88 bits per heavy atom. The zero-order valence-corrected chi connectivity index (χ0v) is 18.2. The number of nitrogens with two attached hydrogens (primary N) is 1. The number of benzene rings is 3. The summed E-state index contributed by atoms with van der Waals surface area (Å²) in [7, 11) is 1.56. The number of esters is 1. The van der Waals surface area contributed by atoms with Crippen LogP contribution in [0.15, 0.2) is 78.2 Å². The van der Waals surface area contributed by atoms with Crippen molar-refractivity contribution in [2.45, 2.75) is 12.8 Å². The maximum atomic E-state index is 12.4. The van der Waals surface area contributed by atoms with E-state index >= 15 is 0 Å². The molecular weight excluding hydrogens is 420 g/mol. The molecule has 0 saturated heterocycles. The Balaban J connectivity index is 1.71. The predicted octanol–water partition coefficient (Wildman–Crippen LogP) is 4.53. The van der Waals surface area contributed by atoms with Gasteiger partial charge in [0.2, 0.25) is 5.88 Å². The molecule has 7 heteroatoms. The molecule has 0 fully saturated rings. The van der Waals surface area contributed by atoms with Crippen LogP contribution in [0.4, 0.5) is 0 Å². The summed E-state index contributed by atoms with van der Waals surface area (Å²) < 4.78 is 22.3. The fraction of sp³-hybridized carbons (Fsp3) is 0.154. The molecule has 0 spiro atoms. The molecule has 0 saturated carbocycles. The van der Waals surface area contributed by atoms with Crippen molar-refractivity contribution in [3.05, 3.63) is 94.9 Å². The van der Waals surface area contributed by atoms with Gasteiger partial charge in [0.1, 0.15) is 23.1 Å². The van der Waals surface area contributed by atoms with Crippen LogP contribution >= 0.6 is 0 Å². The van der Waals surface area contributed by atoms with Crippen LogP contribution in [0, 0.1) is 11.3 Å². The largest absolute Gasteiger partial charge is 0.493 e. The van der Waals surface area contributed by atoms with Crippen LogP contribution in [-0.4, -0.2) is 19.7 Å². The molecule has 33 heavy (non-hydrogen) atoms. The van der Waals surface area contributed by atoms with E-state index in [-0.39, 0.29) is 11.5 Å². The predicted molar refractivity (Wildman–Crippen MR) is 121 cm³/mol. The first-order valence-corrected chi connectivity index (χ1v) is 10.3. The van der Waals surface area contributed by atoms with Crippen molar-refractivity contribution in [1.29, 1.82) is 5.26 Å². The number of fused-ring (bicyclic) bond motifs is 1. The van der Waals surface area contributed by atoms with E-state index in [2.05, 4.69) is 6.07 Å². The number of hydrogen-bond acceptors (Lipinski definition) is 7. The van der Waals surface area contributed by atoms with Crippen molar-refractivity contribution in [3.63, 3.8) is 0 Å². The van der Waals surface area contributed by atoms with Crippen molar-refractivity contribution in [2.75, 3.05) is 13.7 Å². The quantitative estimate of drug-likeness (QED) is 0.442. The molecule has 0 aliphatic carbocycles. The minimum Gasteiger partial charge on any atom is -0.493 e. The average Bonchev–Trinajstić information content (AvgIpc) is 2.84. The zero-order chi connectivity index (χ0) is 23.4. The molecule has 0 aromatic heterocycles. The Morgan fingerprint density at radius 3 is 2.58 bits per heavy atom. The molecule has 1 unspecified atom stereocenters. The fourth-order valence-electron chi connectivity index (χ4n) is 3.72. The molecule has 1 aliphatic rings. The van der Waals surface area contributed by atoms with Gasteiger partial charge in [0, 0.05) is 11.6 Å². The van der Waals surface area contributed by atoms with Gasteiger partial charge in [-0.3, -0.25) is 0 Å². The number of hydrogen-bond donors (Lipinski definition) is 1. The first kappa shape index (κ1) is 21.8. The second-order valence-corrected chi connectivity index (χ2v) is 7.22. The van der Waals surface area contributed by atoms with Crippen molar-refractivity contribution < 1.29 is 23.7 Å². The van der Waals surface area contributed by atoms with Crippen LogP contribution in [0.5, 0.6) is 23.0 Å². The van der Waals surface area contributed by atoms with E-state index in [0.29, 0.717) is 40.7 Å². The Bertz CT molecular complexity index is 1260. The van der Waals surface area contributed by atoms with Crippen LogP contribution in [-0.2, 0) is 0 Å². The summed E-state index contributed by atoms with van der Waals surface area (Å²) in [6.45, 7) is 2.39. The second-order valence-electron chi connectivity index (χ2n) is 7.22. The summed E-state index contributed by atoms with van der Waals surface area (Å²) >= 11 is 0. The summed E-state index contributed by atoms with van der Waals surface area (Å²) in [5.41, 5.74) is 8.31. The van der Waals surface area contributed by atoms with Crippen molar-refractivity contribution in [3.8, 4) is 29.1 Å². The zero-order valence-electron chi connectivity index (χ0n) is 18.2. The van der Waals surface area contributed by atoms with Crippen molar-refractivity contribution in [2.24, 2.45) is 5.73 Å². The second kappa shape index (κ2) is 9.37. The molecule has 7 nitrogen and oxygen atoms in total. The highest BCUT2D eigenvalue weighted by Gasteiger charge is 2.31. The summed E-state index contributed by atoms with van der Waals surface area (Å²) in [6.07, 6.45) is 0. The topological polar surface area (TPSA) is 104 Å². The van der Waals surface area contributed by atoms with E-state index < -0.39 is 11.9 Å². The lowest BCUT2D eigenvalue weighted by Gasteiger charge is -2.27. The van der Waals surface area contributed by atoms with E-state index in [0.717, 1.165) is 5.56 Å². The van der Waals surface area contributed by atoms with Gasteiger partial charge in [-0.15, -0.1) is 0 Å². The standard InChI is InChI=1S/C26H22N2O5/c1-3-31-21-12-9-17(13-23(21)30-2)24-19-11-10-18(14-22(19)33-25(28)20(24)15-27)32-26(29)16-7-5-4-6-8-16/h4-14,24H,3,28H2,1-2H3. The van der Waals surface area contributed by atoms with Crippen LogP contribution < -0.4 is 24.7 Å². The number of methoxy groups -OCH3 is 1. The molecule has 3 aromatic rings. The molecule has 0 bridgehead atoms. The van der Waals surface area contributed by atoms with Crippen LogP contribution in [0.3, 0.4) is 0 Å². The maximum Gasteiger partial charge on any atom is 0.343 e. The lowest BCUT2D eigenvalue weighted by molar-refractivity contribution is 0.0734. The number of nitriles is 1. The highest BCUT2D eigenvalue weighted by molar-refractivity contribution is 5.91. The first-order valence-electron chi connectivity index (χ1n) is 10.3. The summed E-state index contributed by atoms with van der Waals surface area (Å²) in [5, 5.41) is 9.79. The minimum atomic E-state index is -0.486. The van der Waals surface area contributed by atoms with Crippen LogP contribution in [0.2, 0.25) is 0 Å². The monoisotopic (exact) mass is 442 g/mol. The Kier molecular flexibility index (Phi) is 6.18. The van der Waals surface area contributed by atoms with Gasteiger partial charge in [-0.25, -0.2) is 4.79 Å². The van der Waals surface area contributed by atoms with Gasteiger partial charge < -0.3 is 24.7 Å². The summed E-state index contributed by atoms with van der Waals surface area (Å²) in [4.78, 5) is 12.4. The third kappa shape index (κ3) is 4.32. The molecule has 3 aromatic carbocycles. The van der Waals surface area contributed by atoms with Gasteiger partial charge in [0.25, 0.3) is 0 Å². The van der Waals surface area contributed by atoms with Crippen molar-refractivity contribution >= 4 is 5.97 Å². The number of allylic oxidation sites excluding steroid dienone is 1. The van der Waals surface area contributed by atoms with E-state index in [1.807, 2.05) is 25.1 Å². The van der Waals surface area contributed by atoms with Gasteiger partial charge in [-0.05, 0) is 42.8 Å². The van der Waals surface area contributed by atoms with Gasteiger partial charge in [-0.1, -0.05) is 30.3 Å². The highest BCUT2D eigenvalue weighted by Crippen LogP contribution is 2.45. The molecule has 0 radical (unpaired) electrons. The van der Waals surface area contributed by atoms with Gasteiger partial charge in [0.05, 0.1) is 25.2 Å². The Morgan fingerprint density at radius 1 is 1.09 bits per heavy atom.